The molecular formula is C18H22ClF2N3O3. The van der Waals surface area contributed by atoms with Crippen molar-refractivity contribution in [2.75, 3.05) is 19.6 Å². The Hall–Kier alpha value is -1.96. The predicted molar refractivity (Wildman–Crippen MR) is 96.7 cm³/mol. The van der Waals surface area contributed by atoms with E-state index in [-0.39, 0.29) is 18.2 Å². The Morgan fingerprint density at radius 1 is 1.33 bits per heavy atom. The highest BCUT2D eigenvalue weighted by Gasteiger charge is 2.46. The average molecular weight is 402 g/mol. The number of carbonyl (C=O) groups excluding carboxylic acids is 2. The van der Waals surface area contributed by atoms with E-state index in [1.54, 1.807) is 6.08 Å². The van der Waals surface area contributed by atoms with E-state index in [9.17, 15) is 18.4 Å². The monoisotopic (exact) mass is 401 g/mol. The topological polar surface area (TPSA) is 62.2 Å². The highest BCUT2D eigenvalue weighted by atomic mass is 35.5. The van der Waals surface area contributed by atoms with Crippen LogP contribution < -0.4 is 0 Å². The van der Waals surface area contributed by atoms with Crippen molar-refractivity contribution in [1.29, 1.82) is 0 Å². The van der Waals surface area contributed by atoms with E-state index >= 15 is 0 Å². The summed E-state index contributed by atoms with van der Waals surface area (Å²) in [5.41, 5.74) is 0. The van der Waals surface area contributed by atoms with Gasteiger partial charge in [0.05, 0.1) is 18.8 Å². The summed E-state index contributed by atoms with van der Waals surface area (Å²) in [7, 11) is 0. The van der Waals surface area contributed by atoms with Gasteiger partial charge in [0.1, 0.15) is 5.17 Å². The molecule has 1 atom stereocenters. The minimum absolute atomic E-state index is 0.0290. The number of ether oxygens (including phenoxy) is 1. The molecule has 9 heteroatoms. The molecule has 0 saturated carbocycles. The second kappa shape index (κ2) is 8.37. The number of likely N-dealkylation sites (tertiary alicyclic amines) is 2. The Morgan fingerprint density at radius 2 is 2.15 bits per heavy atom. The summed E-state index contributed by atoms with van der Waals surface area (Å²) in [6.07, 6.45) is 6.59. The molecule has 0 N–H and O–H groups in total. The fraction of sp³-hybridized carbons (Fsp3) is 0.611. The van der Waals surface area contributed by atoms with Crippen molar-refractivity contribution >= 4 is 28.8 Å². The molecule has 3 aliphatic heterocycles. The molecular weight excluding hydrogens is 380 g/mol. The normalized spacial score (nSPS) is 26.0. The Labute approximate surface area is 161 Å². The molecule has 3 heterocycles. The molecule has 0 spiro atoms. The summed E-state index contributed by atoms with van der Waals surface area (Å²) in [6, 6.07) is -0.700. The standard InChI is InChI=1S/C18H22ClF2N3O3/c19-15-6-3-1-2-5-14(10-22-15)27-17(26)23-11-13(9-18(20,21)12-23)24-8-4-7-16(24)25/h2,5,10,13H,1,3-4,6-9,11-12H2. The van der Waals surface area contributed by atoms with Crippen LogP contribution in [0.5, 0.6) is 0 Å². The number of nitrogens with zero attached hydrogens (tertiary/aromatic N) is 3. The molecule has 2 fully saturated rings. The van der Waals surface area contributed by atoms with Crippen molar-refractivity contribution < 1.29 is 23.1 Å². The van der Waals surface area contributed by atoms with Gasteiger partial charge < -0.3 is 9.64 Å². The van der Waals surface area contributed by atoms with Gasteiger partial charge in [-0.2, -0.15) is 0 Å². The number of hydrogen-bond acceptors (Lipinski definition) is 4. The second-order valence-corrected chi connectivity index (χ2v) is 7.42. The van der Waals surface area contributed by atoms with Crippen LogP contribution in [0.25, 0.3) is 0 Å². The zero-order chi connectivity index (χ0) is 19.4. The molecule has 0 radical (unpaired) electrons. The van der Waals surface area contributed by atoms with E-state index in [4.69, 9.17) is 16.3 Å². The third-order valence-corrected chi connectivity index (χ3v) is 5.06. The Morgan fingerprint density at radius 3 is 2.89 bits per heavy atom. The van der Waals surface area contributed by atoms with Gasteiger partial charge in [0.2, 0.25) is 5.91 Å². The largest absolute Gasteiger partial charge is 0.415 e. The van der Waals surface area contributed by atoms with E-state index in [0.717, 1.165) is 17.7 Å². The maximum Gasteiger partial charge on any atom is 0.415 e. The molecule has 0 aliphatic carbocycles. The quantitative estimate of drug-likeness (QED) is 0.709. The molecule has 6 nitrogen and oxygen atoms in total. The Balaban J connectivity index is 1.70. The summed E-state index contributed by atoms with van der Waals surface area (Å²) in [6.45, 7) is -0.254. The van der Waals surface area contributed by atoms with Crippen LogP contribution in [-0.2, 0) is 9.53 Å². The van der Waals surface area contributed by atoms with Gasteiger partial charge in [-0.05, 0) is 25.3 Å². The number of hydrogen-bond donors (Lipinski definition) is 0. The Bertz CT molecular complexity index is 693. The lowest BCUT2D eigenvalue weighted by Gasteiger charge is -2.40. The number of allylic oxidation sites excluding steroid dienone is 2. The number of alkyl halides is 2. The smallest absolute Gasteiger partial charge is 0.409 e. The van der Waals surface area contributed by atoms with E-state index in [2.05, 4.69) is 4.99 Å². The van der Waals surface area contributed by atoms with E-state index in [0.29, 0.717) is 31.0 Å². The highest BCUT2D eigenvalue weighted by molar-refractivity contribution is 6.65. The van der Waals surface area contributed by atoms with Crippen LogP contribution in [0.4, 0.5) is 13.6 Å². The lowest BCUT2D eigenvalue weighted by Crippen LogP contribution is -2.57. The van der Waals surface area contributed by atoms with E-state index in [1.807, 2.05) is 6.08 Å². The third-order valence-electron chi connectivity index (χ3n) is 4.77. The molecule has 0 aromatic heterocycles. The molecule has 1 unspecified atom stereocenters. The number of carbonyl (C=O) groups is 2. The zero-order valence-electron chi connectivity index (χ0n) is 14.9. The first-order valence-corrected chi connectivity index (χ1v) is 9.45. The van der Waals surface area contributed by atoms with Crippen molar-refractivity contribution in [3.8, 4) is 0 Å². The molecule has 148 valence electrons. The summed E-state index contributed by atoms with van der Waals surface area (Å²) in [4.78, 5) is 30.8. The average Bonchev–Trinajstić information content (AvgIpc) is 3.06. The van der Waals surface area contributed by atoms with Crippen molar-refractivity contribution in [3.05, 3.63) is 24.1 Å². The number of rotatable bonds is 2. The van der Waals surface area contributed by atoms with Crippen LogP contribution in [0.15, 0.2) is 29.1 Å². The minimum Gasteiger partial charge on any atom is -0.409 e. The third kappa shape index (κ3) is 5.28. The minimum atomic E-state index is -3.07. The fourth-order valence-electron chi connectivity index (χ4n) is 3.51. The number of aliphatic imine (C=N–C) groups is 1. The van der Waals surface area contributed by atoms with E-state index < -0.39 is 31.0 Å². The number of piperidine rings is 1. The van der Waals surface area contributed by atoms with Crippen LogP contribution in [0.2, 0.25) is 0 Å². The Kier molecular flexibility index (Phi) is 6.14. The van der Waals surface area contributed by atoms with Crippen molar-refractivity contribution in [2.45, 2.75) is 50.5 Å². The molecule has 3 rings (SSSR count). The van der Waals surface area contributed by atoms with Crippen LogP contribution in [0.1, 0.15) is 38.5 Å². The predicted octanol–water partition coefficient (Wildman–Crippen LogP) is 3.67. The summed E-state index contributed by atoms with van der Waals surface area (Å²) in [5, 5.41) is 0.393. The number of halogens is 3. The molecule has 27 heavy (non-hydrogen) atoms. The van der Waals surface area contributed by atoms with Crippen LogP contribution in [0.3, 0.4) is 0 Å². The summed E-state index contributed by atoms with van der Waals surface area (Å²) in [5.74, 6) is -3.07. The van der Waals surface area contributed by atoms with Gasteiger partial charge >= 0.3 is 6.09 Å². The number of amides is 2. The van der Waals surface area contributed by atoms with Gasteiger partial charge in [-0.15, -0.1) is 0 Å². The molecule has 0 bridgehead atoms. The van der Waals surface area contributed by atoms with Crippen LogP contribution in [-0.4, -0.2) is 58.6 Å². The van der Waals surface area contributed by atoms with Crippen molar-refractivity contribution in [3.63, 3.8) is 0 Å². The molecule has 0 aromatic rings. The van der Waals surface area contributed by atoms with Gasteiger partial charge in [0.15, 0.2) is 5.76 Å². The first-order chi connectivity index (χ1) is 12.8. The van der Waals surface area contributed by atoms with Crippen LogP contribution in [0, 0.1) is 0 Å². The highest BCUT2D eigenvalue weighted by Crippen LogP contribution is 2.32. The molecule has 2 amide bonds. The van der Waals surface area contributed by atoms with Gasteiger partial charge in [-0.25, -0.2) is 18.6 Å². The zero-order valence-corrected chi connectivity index (χ0v) is 15.6. The first kappa shape index (κ1) is 19.8. The molecule has 2 saturated heterocycles. The van der Waals surface area contributed by atoms with E-state index in [1.165, 1.54) is 11.1 Å². The lowest BCUT2D eigenvalue weighted by molar-refractivity contribution is -0.135. The van der Waals surface area contributed by atoms with Gasteiger partial charge in [-0.3, -0.25) is 9.69 Å². The molecule has 0 aromatic carbocycles. The summed E-state index contributed by atoms with van der Waals surface area (Å²) >= 11 is 5.95. The first-order valence-electron chi connectivity index (χ1n) is 9.07. The SMILES string of the molecule is O=C(OC1=CN=C(Cl)CCCC=C1)N1CC(N2CCCC2=O)CC(F)(F)C1. The van der Waals surface area contributed by atoms with Crippen molar-refractivity contribution in [2.24, 2.45) is 4.99 Å². The van der Waals surface area contributed by atoms with Gasteiger partial charge in [0, 0.05) is 32.4 Å². The summed E-state index contributed by atoms with van der Waals surface area (Å²) < 4.78 is 33.6. The maximum atomic E-state index is 14.2. The van der Waals surface area contributed by atoms with Crippen molar-refractivity contribution in [1.82, 2.24) is 9.80 Å². The maximum absolute atomic E-state index is 14.2. The van der Waals surface area contributed by atoms with Gasteiger partial charge in [0.25, 0.3) is 5.92 Å². The van der Waals surface area contributed by atoms with Gasteiger partial charge in [-0.1, -0.05) is 17.7 Å². The van der Waals surface area contributed by atoms with Crippen LogP contribution >= 0.6 is 11.6 Å². The fourth-order valence-corrected chi connectivity index (χ4v) is 3.69. The second-order valence-electron chi connectivity index (χ2n) is 6.98. The molecule has 3 aliphatic rings. The lowest BCUT2D eigenvalue weighted by atomic mass is 10.0.